The Bertz CT molecular complexity index is 750. The minimum absolute atomic E-state index is 0.0385. The summed E-state index contributed by atoms with van der Waals surface area (Å²) in [5.41, 5.74) is 0.368. The predicted octanol–water partition coefficient (Wildman–Crippen LogP) is 4.04. The molecule has 1 N–H and O–H groups in total. The van der Waals surface area contributed by atoms with Gasteiger partial charge in [0.2, 0.25) is 0 Å². The molecule has 0 aliphatic heterocycles. The van der Waals surface area contributed by atoms with Crippen LogP contribution in [0.3, 0.4) is 0 Å². The minimum atomic E-state index is -0.501. The number of hydrogen-bond acceptors (Lipinski definition) is 4. The molecule has 25 heavy (non-hydrogen) atoms. The molecule has 0 atom stereocenters. The Hall–Kier alpha value is -1.92. The molecule has 1 heterocycles. The summed E-state index contributed by atoms with van der Waals surface area (Å²) in [5, 5.41) is 3.81. The fraction of sp³-hybridized carbons (Fsp3) is 0.353. The number of ether oxygens (including phenoxy) is 1. The lowest BCUT2D eigenvalue weighted by molar-refractivity contribution is 0.0885. The first-order valence-corrected chi connectivity index (χ1v) is 8.67. The van der Waals surface area contributed by atoms with Crippen LogP contribution in [0, 0.1) is 5.82 Å². The maximum absolute atomic E-state index is 12.8. The fourth-order valence-corrected chi connectivity index (χ4v) is 3.15. The number of amides is 1. The lowest BCUT2D eigenvalue weighted by atomic mass is 9.92. The first kappa shape index (κ1) is 17.9. The van der Waals surface area contributed by atoms with Gasteiger partial charge in [0.25, 0.3) is 5.91 Å². The van der Waals surface area contributed by atoms with Crippen LogP contribution in [-0.4, -0.2) is 28.0 Å². The number of rotatable bonds is 4. The van der Waals surface area contributed by atoms with Gasteiger partial charge in [-0.05, 0) is 43.9 Å². The summed E-state index contributed by atoms with van der Waals surface area (Å²) in [4.78, 5) is 19.9. The number of carbonyl (C=O) groups is 1. The van der Waals surface area contributed by atoms with E-state index in [-0.39, 0.29) is 24.1 Å². The van der Waals surface area contributed by atoms with E-state index in [0.717, 1.165) is 38.1 Å². The van der Waals surface area contributed by atoms with E-state index in [1.807, 2.05) is 0 Å². The average Bonchev–Trinajstić information content (AvgIpc) is 2.60. The summed E-state index contributed by atoms with van der Waals surface area (Å²) in [6, 6.07) is 5.00. The molecule has 3 rings (SSSR count). The number of aromatic nitrogens is 2. The molecule has 132 valence electrons. The van der Waals surface area contributed by atoms with Gasteiger partial charge in [-0.25, -0.2) is 14.4 Å². The zero-order chi connectivity index (χ0) is 17.8. The summed E-state index contributed by atoms with van der Waals surface area (Å²) < 4.78 is 18.4. The topological polar surface area (TPSA) is 64.1 Å². The van der Waals surface area contributed by atoms with Crippen molar-refractivity contribution < 1.29 is 13.9 Å². The molecule has 0 spiro atoms. The normalized spacial score (nSPS) is 20.1. The summed E-state index contributed by atoms with van der Waals surface area (Å²) in [6.45, 7) is 0. The van der Waals surface area contributed by atoms with Gasteiger partial charge in [0, 0.05) is 11.1 Å². The Morgan fingerprint density at radius 1 is 1.16 bits per heavy atom. The maximum atomic E-state index is 12.8. The highest BCUT2D eigenvalue weighted by Gasteiger charge is 2.25. The molecule has 0 saturated heterocycles. The van der Waals surface area contributed by atoms with Gasteiger partial charge in [-0.15, -0.1) is 0 Å². The first-order chi connectivity index (χ1) is 12.0. The summed E-state index contributed by atoms with van der Waals surface area (Å²) in [5.74, 6) is -0.739. The monoisotopic (exact) mass is 383 g/mol. The van der Waals surface area contributed by atoms with E-state index in [0.29, 0.717) is 15.6 Å². The first-order valence-electron chi connectivity index (χ1n) is 7.91. The number of hydrogen-bond donors (Lipinski definition) is 1. The third kappa shape index (κ3) is 4.80. The molecular formula is C17H16Cl2FN3O2. The Morgan fingerprint density at radius 3 is 2.52 bits per heavy atom. The maximum Gasteiger partial charge on any atom is 0.316 e. The SMILES string of the molecule is O=C(NC1CCC(Oc2ncc(F)cn2)CC1)c1cc(Cl)ccc1Cl. The molecular weight excluding hydrogens is 368 g/mol. The highest BCUT2D eigenvalue weighted by molar-refractivity contribution is 6.35. The van der Waals surface area contributed by atoms with Crippen LogP contribution in [0.2, 0.25) is 10.0 Å². The van der Waals surface area contributed by atoms with Gasteiger partial charge < -0.3 is 10.1 Å². The van der Waals surface area contributed by atoms with E-state index in [4.69, 9.17) is 27.9 Å². The smallest absolute Gasteiger partial charge is 0.316 e. The third-order valence-electron chi connectivity index (χ3n) is 4.05. The van der Waals surface area contributed by atoms with Crippen LogP contribution < -0.4 is 10.1 Å². The second kappa shape index (κ2) is 7.97. The van der Waals surface area contributed by atoms with Crippen LogP contribution in [0.15, 0.2) is 30.6 Å². The van der Waals surface area contributed by atoms with Crippen molar-refractivity contribution in [3.63, 3.8) is 0 Å². The second-order valence-corrected chi connectivity index (χ2v) is 6.72. The zero-order valence-electron chi connectivity index (χ0n) is 13.2. The molecule has 0 radical (unpaired) electrons. The molecule has 5 nitrogen and oxygen atoms in total. The highest BCUT2D eigenvalue weighted by atomic mass is 35.5. The molecule has 1 aliphatic rings. The van der Waals surface area contributed by atoms with Gasteiger partial charge in [-0.3, -0.25) is 4.79 Å². The van der Waals surface area contributed by atoms with Gasteiger partial charge in [0.15, 0.2) is 5.82 Å². The number of nitrogens with one attached hydrogen (secondary N) is 1. The Labute approximate surface area is 154 Å². The van der Waals surface area contributed by atoms with Crippen molar-refractivity contribution in [2.45, 2.75) is 37.8 Å². The van der Waals surface area contributed by atoms with Crippen LogP contribution >= 0.6 is 23.2 Å². The molecule has 8 heteroatoms. The average molecular weight is 384 g/mol. The van der Waals surface area contributed by atoms with E-state index in [2.05, 4.69) is 15.3 Å². The third-order valence-corrected chi connectivity index (χ3v) is 4.62. The van der Waals surface area contributed by atoms with Crippen molar-refractivity contribution in [3.8, 4) is 6.01 Å². The molecule has 1 aliphatic carbocycles. The van der Waals surface area contributed by atoms with Crippen molar-refractivity contribution in [1.29, 1.82) is 0 Å². The second-order valence-electron chi connectivity index (χ2n) is 5.87. The summed E-state index contributed by atoms with van der Waals surface area (Å²) >= 11 is 12.0. The number of benzene rings is 1. The molecule has 1 saturated carbocycles. The zero-order valence-corrected chi connectivity index (χ0v) is 14.7. The molecule has 1 aromatic heterocycles. The van der Waals surface area contributed by atoms with Gasteiger partial charge in [-0.1, -0.05) is 23.2 Å². The quantitative estimate of drug-likeness (QED) is 0.864. The van der Waals surface area contributed by atoms with Crippen molar-refractivity contribution >= 4 is 29.1 Å². The van der Waals surface area contributed by atoms with Crippen LogP contribution in [-0.2, 0) is 0 Å². The number of halogens is 3. The minimum Gasteiger partial charge on any atom is -0.460 e. The lowest BCUT2D eigenvalue weighted by Crippen LogP contribution is -2.39. The van der Waals surface area contributed by atoms with Crippen molar-refractivity contribution in [2.75, 3.05) is 0 Å². The fourth-order valence-electron chi connectivity index (χ4n) is 2.77. The van der Waals surface area contributed by atoms with E-state index in [1.54, 1.807) is 18.2 Å². The molecule has 2 aromatic rings. The predicted molar refractivity (Wildman–Crippen MR) is 92.6 cm³/mol. The van der Waals surface area contributed by atoms with Gasteiger partial charge in [-0.2, -0.15) is 0 Å². The van der Waals surface area contributed by atoms with Crippen molar-refractivity contribution in [3.05, 3.63) is 52.0 Å². The molecule has 0 bridgehead atoms. The van der Waals surface area contributed by atoms with Crippen molar-refractivity contribution in [1.82, 2.24) is 15.3 Å². The van der Waals surface area contributed by atoms with Gasteiger partial charge >= 0.3 is 6.01 Å². The lowest BCUT2D eigenvalue weighted by Gasteiger charge is -2.29. The summed E-state index contributed by atoms with van der Waals surface area (Å²) in [7, 11) is 0. The Morgan fingerprint density at radius 2 is 1.84 bits per heavy atom. The van der Waals surface area contributed by atoms with E-state index >= 15 is 0 Å². The van der Waals surface area contributed by atoms with Gasteiger partial charge in [0.1, 0.15) is 6.10 Å². The molecule has 1 amide bonds. The number of nitrogens with zero attached hydrogens (tertiary/aromatic N) is 2. The Balaban J connectivity index is 1.51. The van der Waals surface area contributed by atoms with Crippen LogP contribution in [0.25, 0.3) is 0 Å². The van der Waals surface area contributed by atoms with E-state index in [1.165, 1.54) is 0 Å². The van der Waals surface area contributed by atoms with E-state index in [9.17, 15) is 9.18 Å². The highest BCUT2D eigenvalue weighted by Crippen LogP contribution is 2.24. The van der Waals surface area contributed by atoms with E-state index < -0.39 is 5.82 Å². The standard InChI is InChI=1S/C17H16Cl2FN3O2/c18-10-1-6-15(19)14(7-10)16(24)23-12-2-4-13(5-3-12)25-17-21-8-11(20)9-22-17/h1,6-9,12-13H,2-5H2,(H,23,24). The molecule has 0 unspecified atom stereocenters. The molecule has 1 aromatic carbocycles. The largest absolute Gasteiger partial charge is 0.460 e. The van der Waals surface area contributed by atoms with Crippen LogP contribution in [0.4, 0.5) is 4.39 Å². The van der Waals surface area contributed by atoms with Crippen LogP contribution in [0.1, 0.15) is 36.0 Å². The molecule has 1 fully saturated rings. The van der Waals surface area contributed by atoms with Crippen molar-refractivity contribution in [2.24, 2.45) is 0 Å². The van der Waals surface area contributed by atoms with Gasteiger partial charge in [0.05, 0.1) is 23.0 Å². The number of carbonyl (C=O) groups excluding carboxylic acids is 1. The van der Waals surface area contributed by atoms with Crippen LogP contribution in [0.5, 0.6) is 6.01 Å². The Kier molecular flexibility index (Phi) is 5.71. The summed E-state index contributed by atoms with van der Waals surface area (Å²) in [6.07, 6.45) is 5.11.